The van der Waals surface area contributed by atoms with E-state index in [1.807, 2.05) is 35.0 Å². The molecule has 5 aromatic rings. The predicted molar refractivity (Wildman–Crippen MR) is 131 cm³/mol. The number of benzene rings is 3. The second-order valence-corrected chi connectivity index (χ2v) is 8.37. The molecule has 0 saturated heterocycles. The minimum Gasteiger partial charge on any atom is -0.497 e. The number of methoxy groups -OCH3 is 1. The summed E-state index contributed by atoms with van der Waals surface area (Å²) in [6.45, 7) is 0. The topological polar surface area (TPSA) is 84.8 Å². The Labute approximate surface area is 199 Å². The van der Waals surface area contributed by atoms with Gasteiger partial charge in [-0.3, -0.25) is 9.36 Å². The Morgan fingerprint density at radius 2 is 1.82 bits per heavy atom. The van der Waals surface area contributed by atoms with Crippen LogP contribution in [0.25, 0.3) is 28.0 Å². The zero-order valence-electron chi connectivity index (χ0n) is 18.2. The number of halogens is 1. The number of para-hydroxylation sites is 1. The number of ether oxygens (including phenoxy) is 1. The van der Waals surface area contributed by atoms with Crippen LogP contribution in [0, 0.1) is 5.82 Å². The van der Waals surface area contributed by atoms with Crippen LogP contribution in [0.4, 0.5) is 10.1 Å². The van der Waals surface area contributed by atoms with E-state index in [0.29, 0.717) is 28.1 Å². The monoisotopic (exact) mass is 473 g/mol. The van der Waals surface area contributed by atoms with Crippen LogP contribution < -0.4 is 10.1 Å². The summed E-state index contributed by atoms with van der Waals surface area (Å²) in [4.78, 5) is 15.8. The van der Waals surface area contributed by atoms with Crippen molar-refractivity contribution in [2.24, 2.45) is 0 Å². The number of carbonyl (C=O) groups excluding carboxylic acids is 1. The van der Waals surface area contributed by atoms with Crippen molar-refractivity contribution in [2.75, 3.05) is 18.2 Å². The van der Waals surface area contributed by atoms with E-state index in [9.17, 15) is 9.18 Å². The minimum atomic E-state index is -0.335. The Kier molecular flexibility index (Phi) is 6.01. The summed E-state index contributed by atoms with van der Waals surface area (Å²) in [6, 6.07) is 21.1. The average Bonchev–Trinajstić information content (AvgIpc) is 3.48. The van der Waals surface area contributed by atoms with E-state index in [-0.39, 0.29) is 17.5 Å². The highest BCUT2D eigenvalue weighted by molar-refractivity contribution is 7.99. The average molecular weight is 474 g/mol. The lowest BCUT2D eigenvalue weighted by molar-refractivity contribution is -0.113. The van der Waals surface area contributed by atoms with Gasteiger partial charge in [-0.2, -0.15) is 0 Å². The van der Waals surface area contributed by atoms with E-state index in [1.165, 1.54) is 23.9 Å². The Balaban J connectivity index is 1.44. The van der Waals surface area contributed by atoms with Gasteiger partial charge in [-0.25, -0.2) is 4.39 Å². The largest absolute Gasteiger partial charge is 0.497 e. The van der Waals surface area contributed by atoms with Gasteiger partial charge in [-0.15, -0.1) is 10.2 Å². The van der Waals surface area contributed by atoms with Gasteiger partial charge in [-0.05, 0) is 54.6 Å². The van der Waals surface area contributed by atoms with Crippen LogP contribution in [-0.4, -0.2) is 38.5 Å². The fraction of sp³-hybridized carbons (Fsp3) is 0.0800. The van der Waals surface area contributed by atoms with E-state index in [0.717, 1.165) is 16.5 Å². The van der Waals surface area contributed by atoms with Crippen LogP contribution in [0.5, 0.6) is 5.75 Å². The van der Waals surface area contributed by atoms with Crippen molar-refractivity contribution < 1.29 is 13.9 Å². The smallest absolute Gasteiger partial charge is 0.234 e. The van der Waals surface area contributed by atoms with Gasteiger partial charge in [0.05, 0.1) is 12.9 Å². The van der Waals surface area contributed by atoms with Crippen molar-refractivity contribution in [1.82, 2.24) is 19.7 Å². The number of hydrogen-bond acceptors (Lipinski definition) is 5. The molecule has 0 atom stereocenters. The van der Waals surface area contributed by atoms with Crippen LogP contribution in [0.2, 0.25) is 0 Å². The molecule has 170 valence electrons. The lowest BCUT2D eigenvalue weighted by atomic mass is 10.1. The number of nitrogens with one attached hydrogen (secondary N) is 2. The van der Waals surface area contributed by atoms with Crippen LogP contribution >= 0.6 is 11.8 Å². The third-order valence-corrected chi connectivity index (χ3v) is 6.18. The van der Waals surface area contributed by atoms with Crippen molar-refractivity contribution in [2.45, 2.75) is 5.16 Å². The molecular weight excluding hydrogens is 453 g/mol. The molecule has 2 heterocycles. The van der Waals surface area contributed by atoms with Gasteiger partial charge < -0.3 is 15.0 Å². The summed E-state index contributed by atoms with van der Waals surface area (Å²) in [6.07, 6.45) is 1.87. The van der Waals surface area contributed by atoms with Crippen molar-refractivity contribution in [3.8, 4) is 22.8 Å². The Hall–Kier alpha value is -4.11. The number of hydrogen-bond donors (Lipinski definition) is 2. The number of anilines is 1. The molecule has 0 saturated carbocycles. The van der Waals surface area contributed by atoms with E-state index in [1.54, 1.807) is 43.5 Å². The highest BCUT2D eigenvalue weighted by atomic mass is 32.2. The van der Waals surface area contributed by atoms with Crippen LogP contribution in [0.3, 0.4) is 0 Å². The Morgan fingerprint density at radius 3 is 2.59 bits per heavy atom. The maximum absolute atomic E-state index is 13.6. The second kappa shape index (κ2) is 9.40. The molecule has 0 unspecified atom stereocenters. The molecule has 0 aliphatic carbocycles. The molecule has 2 aromatic heterocycles. The van der Waals surface area contributed by atoms with Gasteiger partial charge in [-0.1, -0.05) is 30.0 Å². The highest BCUT2D eigenvalue weighted by Crippen LogP contribution is 2.32. The summed E-state index contributed by atoms with van der Waals surface area (Å²) in [5.41, 5.74) is 3.21. The molecule has 5 rings (SSSR count). The fourth-order valence-electron chi connectivity index (χ4n) is 3.62. The molecule has 2 N–H and O–H groups in total. The van der Waals surface area contributed by atoms with Gasteiger partial charge in [0.2, 0.25) is 5.91 Å². The number of amides is 1. The molecule has 3 aromatic carbocycles. The standard InChI is InChI=1S/C25H20FN5O2S/c1-33-19-12-8-17(9-13-19)28-23(32)15-34-25-30-29-24(31(25)18-10-6-16(26)7-11-18)21-14-27-22-5-3-2-4-20(21)22/h2-14,27H,15H2,1H3,(H,28,32). The number of nitrogens with zero attached hydrogens (tertiary/aromatic N) is 3. The summed E-state index contributed by atoms with van der Waals surface area (Å²) >= 11 is 1.25. The van der Waals surface area contributed by atoms with Gasteiger partial charge in [0.15, 0.2) is 11.0 Å². The van der Waals surface area contributed by atoms with Gasteiger partial charge in [0, 0.05) is 34.0 Å². The van der Waals surface area contributed by atoms with E-state index >= 15 is 0 Å². The number of thioether (sulfide) groups is 1. The Morgan fingerprint density at radius 1 is 1.06 bits per heavy atom. The molecule has 0 fully saturated rings. The SMILES string of the molecule is COc1ccc(NC(=O)CSc2nnc(-c3c[nH]c4ccccc34)n2-c2ccc(F)cc2)cc1. The van der Waals surface area contributed by atoms with E-state index < -0.39 is 0 Å². The third kappa shape index (κ3) is 4.38. The zero-order valence-corrected chi connectivity index (χ0v) is 19.0. The molecule has 34 heavy (non-hydrogen) atoms. The zero-order chi connectivity index (χ0) is 23.5. The second-order valence-electron chi connectivity index (χ2n) is 7.43. The first kappa shape index (κ1) is 21.7. The highest BCUT2D eigenvalue weighted by Gasteiger charge is 2.20. The maximum Gasteiger partial charge on any atom is 0.234 e. The van der Waals surface area contributed by atoms with Crippen molar-refractivity contribution >= 4 is 34.3 Å². The summed E-state index contributed by atoms with van der Waals surface area (Å²) < 4.78 is 20.6. The first-order chi connectivity index (χ1) is 16.6. The fourth-order valence-corrected chi connectivity index (χ4v) is 4.37. The Bertz CT molecular complexity index is 1440. The van der Waals surface area contributed by atoms with E-state index in [2.05, 4.69) is 20.5 Å². The van der Waals surface area contributed by atoms with E-state index in [4.69, 9.17) is 4.74 Å². The summed E-state index contributed by atoms with van der Waals surface area (Å²) in [5.74, 6) is 0.918. The number of rotatable bonds is 7. The number of fused-ring (bicyclic) bond motifs is 1. The molecule has 0 bridgehead atoms. The van der Waals surface area contributed by atoms with Gasteiger partial charge in [0.25, 0.3) is 0 Å². The number of aromatic nitrogens is 4. The lowest BCUT2D eigenvalue weighted by Crippen LogP contribution is -2.14. The summed E-state index contributed by atoms with van der Waals surface area (Å²) in [7, 11) is 1.59. The molecular formula is C25H20FN5O2S. The molecule has 9 heteroatoms. The summed E-state index contributed by atoms with van der Waals surface area (Å²) in [5, 5.41) is 13.2. The maximum atomic E-state index is 13.6. The molecule has 0 aliphatic rings. The van der Waals surface area contributed by atoms with Crippen molar-refractivity contribution in [3.63, 3.8) is 0 Å². The van der Waals surface area contributed by atoms with Gasteiger partial charge >= 0.3 is 0 Å². The first-order valence-electron chi connectivity index (χ1n) is 10.5. The third-order valence-electron chi connectivity index (χ3n) is 5.25. The molecule has 1 amide bonds. The quantitative estimate of drug-likeness (QED) is 0.314. The van der Waals surface area contributed by atoms with Gasteiger partial charge in [0.1, 0.15) is 11.6 Å². The number of aromatic amines is 1. The molecule has 7 nitrogen and oxygen atoms in total. The molecule has 0 radical (unpaired) electrons. The van der Waals surface area contributed by atoms with Crippen molar-refractivity contribution in [3.05, 3.63) is 84.8 Å². The molecule has 0 aliphatic heterocycles. The normalized spacial score (nSPS) is 11.0. The number of H-pyrrole nitrogens is 1. The first-order valence-corrected chi connectivity index (χ1v) is 11.5. The van der Waals surface area contributed by atoms with Crippen LogP contribution in [0.1, 0.15) is 0 Å². The minimum absolute atomic E-state index is 0.124. The predicted octanol–water partition coefficient (Wildman–Crippen LogP) is 5.29. The lowest BCUT2D eigenvalue weighted by Gasteiger charge is -2.10. The van der Waals surface area contributed by atoms with Crippen LogP contribution in [-0.2, 0) is 4.79 Å². The molecule has 0 spiro atoms. The van der Waals surface area contributed by atoms with Crippen LogP contribution in [0.15, 0.2) is 84.1 Å². The van der Waals surface area contributed by atoms with Crippen molar-refractivity contribution in [1.29, 1.82) is 0 Å². The number of carbonyl (C=O) groups is 1.